The van der Waals surface area contributed by atoms with Gasteiger partial charge in [-0.15, -0.1) is 0 Å². The Balaban J connectivity index is 1.41. The number of hydrogen-bond acceptors (Lipinski definition) is 5. The third-order valence-corrected chi connectivity index (χ3v) is 7.02. The van der Waals surface area contributed by atoms with E-state index in [9.17, 15) is 9.59 Å². The molecule has 0 saturated carbocycles. The summed E-state index contributed by atoms with van der Waals surface area (Å²) in [5.74, 6) is -1.27. The van der Waals surface area contributed by atoms with E-state index in [-0.39, 0.29) is 12.6 Å². The molecule has 2 heterocycles. The van der Waals surface area contributed by atoms with Crippen LogP contribution in [0.25, 0.3) is 0 Å². The van der Waals surface area contributed by atoms with E-state index in [1.807, 2.05) is 18.2 Å². The summed E-state index contributed by atoms with van der Waals surface area (Å²) in [7, 11) is 4.24. The van der Waals surface area contributed by atoms with Crippen molar-refractivity contribution < 1.29 is 9.59 Å². The van der Waals surface area contributed by atoms with Crippen molar-refractivity contribution in [1.82, 2.24) is 20.4 Å². The molecule has 2 aromatic carbocycles. The van der Waals surface area contributed by atoms with Gasteiger partial charge in [0, 0.05) is 63.6 Å². The zero-order valence-electron chi connectivity index (χ0n) is 19.3. The monoisotopic (exact) mass is 469 g/mol. The first-order valence-electron chi connectivity index (χ1n) is 11.5. The summed E-state index contributed by atoms with van der Waals surface area (Å²) in [6.45, 7) is 5.44. The molecule has 2 N–H and O–H groups in total. The molecular weight excluding hydrogens is 438 g/mol. The highest BCUT2D eigenvalue weighted by atomic mass is 35.5. The highest BCUT2D eigenvalue weighted by molar-refractivity contribution is 6.35. The molecule has 7 nitrogen and oxygen atoms in total. The number of rotatable bonds is 6. The molecule has 2 aliphatic rings. The van der Waals surface area contributed by atoms with E-state index in [2.05, 4.69) is 57.6 Å². The van der Waals surface area contributed by atoms with Crippen LogP contribution in [-0.4, -0.2) is 75.0 Å². The fourth-order valence-electron chi connectivity index (χ4n) is 4.55. The van der Waals surface area contributed by atoms with Crippen LogP contribution in [0.1, 0.15) is 22.7 Å². The molecule has 1 fully saturated rings. The SMILES string of the molecule is CN1CCN([C@H](CNC(=O)C(=O)NCc2ccccc2Cl)c2ccc3c(c2)CCN3C)CC1. The first kappa shape index (κ1) is 23.5. The summed E-state index contributed by atoms with van der Waals surface area (Å²) in [6.07, 6.45) is 1.03. The minimum absolute atomic E-state index is 0.0234. The molecule has 0 unspecified atom stereocenters. The lowest BCUT2D eigenvalue weighted by Crippen LogP contribution is -2.49. The number of amides is 2. The number of benzene rings is 2. The van der Waals surface area contributed by atoms with Gasteiger partial charge in [-0.1, -0.05) is 41.9 Å². The average Bonchev–Trinajstić information content (AvgIpc) is 3.19. The molecule has 4 rings (SSSR count). The summed E-state index contributed by atoms with van der Waals surface area (Å²) in [4.78, 5) is 31.9. The third-order valence-electron chi connectivity index (χ3n) is 6.65. The molecule has 2 amide bonds. The van der Waals surface area contributed by atoms with Crippen LogP contribution in [0, 0.1) is 0 Å². The topological polar surface area (TPSA) is 67.9 Å². The molecule has 2 aromatic rings. The Morgan fingerprint density at radius 3 is 2.45 bits per heavy atom. The Labute approximate surface area is 200 Å². The van der Waals surface area contributed by atoms with Crippen LogP contribution in [0.2, 0.25) is 5.02 Å². The van der Waals surface area contributed by atoms with E-state index in [0.29, 0.717) is 11.6 Å². The molecule has 176 valence electrons. The van der Waals surface area contributed by atoms with Gasteiger partial charge in [0.25, 0.3) is 0 Å². The first-order valence-corrected chi connectivity index (χ1v) is 11.9. The highest BCUT2D eigenvalue weighted by Gasteiger charge is 2.27. The van der Waals surface area contributed by atoms with Gasteiger partial charge in [0.1, 0.15) is 0 Å². The minimum atomic E-state index is -0.650. The lowest BCUT2D eigenvalue weighted by Gasteiger charge is -2.38. The number of piperazine rings is 1. The van der Waals surface area contributed by atoms with E-state index >= 15 is 0 Å². The number of nitrogens with one attached hydrogen (secondary N) is 2. The van der Waals surface area contributed by atoms with Gasteiger partial charge in [0.15, 0.2) is 0 Å². The largest absolute Gasteiger partial charge is 0.374 e. The number of hydrogen-bond donors (Lipinski definition) is 2. The van der Waals surface area contributed by atoms with Crippen molar-refractivity contribution in [2.45, 2.75) is 19.0 Å². The Hall–Kier alpha value is -2.61. The van der Waals surface area contributed by atoms with Gasteiger partial charge in [0.05, 0.1) is 6.04 Å². The normalized spacial score (nSPS) is 17.5. The minimum Gasteiger partial charge on any atom is -0.374 e. The second-order valence-electron chi connectivity index (χ2n) is 8.90. The standard InChI is InChI=1S/C25H32ClN5O2/c1-29-11-13-31(14-12-29)23(18-7-8-22-19(15-18)9-10-30(22)2)17-28-25(33)24(32)27-16-20-5-3-4-6-21(20)26/h3-8,15,23H,9-14,16-17H2,1-2H3,(H,27,32)(H,28,33)/t23-/m1/s1. The van der Waals surface area contributed by atoms with Gasteiger partial charge >= 0.3 is 11.8 Å². The van der Waals surface area contributed by atoms with Gasteiger partial charge in [-0.05, 0) is 42.3 Å². The maximum atomic E-state index is 12.6. The van der Waals surface area contributed by atoms with E-state index in [1.54, 1.807) is 6.07 Å². The van der Waals surface area contributed by atoms with Gasteiger partial charge in [-0.25, -0.2) is 0 Å². The van der Waals surface area contributed by atoms with Crippen molar-refractivity contribution in [2.75, 3.05) is 58.3 Å². The quantitative estimate of drug-likeness (QED) is 0.634. The van der Waals surface area contributed by atoms with Crippen molar-refractivity contribution in [3.05, 3.63) is 64.2 Å². The van der Waals surface area contributed by atoms with Gasteiger partial charge in [-0.2, -0.15) is 0 Å². The summed E-state index contributed by atoms with van der Waals surface area (Å²) in [5.41, 5.74) is 4.58. The summed E-state index contributed by atoms with van der Waals surface area (Å²) in [6, 6.07) is 13.9. The second-order valence-corrected chi connectivity index (χ2v) is 9.31. The molecule has 33 heavy (non-hydrogen) atoms. The Morgan fingerprint density at radius 1 is 0.970 bits per heavy atom. The second kappa shape index (κ2) is 10.5. The maximum absolute atomic E-state index is 12.6. The lowest BCUT2D eigenvalue weighted by atomic mass is 10.00. The van der Waals surface area contributed by atoms with Crippen molar-refractivity contribution in [2.24, 2.45) is 0 Å². The van der Waals surface area contributed by atoms with Gasteiger partial charge < -0.3 is 20.4 Å². The molecule has 0 aromatic heterocycles. The molecule has 1 atom stereocenters. The molecule has 8 heteroatoms. The van der Waals surface area contributed by atoms with Crippen molar-refractivity contribution in [1.29, 1.82) is 0 Å². The highest BCUT2D eigenvalue weighted by Crippen LogP contribution is 2.31. The summed E-state index contributed by atoms with van der Waals surface area (Å²) >= 11 is 6.14. The predicted molar refractivity (Wildman–Crippen MR) is 132 cm³/mol. The van der Waals surface area contributed by atoms with E-state index in [0.717, 1.165) is 44.7 Å². The van der Waals surface area contributed by atoms with Crippen LogP contribution < -0.4 is 15.5 Å². The molecule has 0 radical (unpaired) electrons. The van der Waals surface area contributed by atoms with E-state index < -0.39 is 11.8 Å². The molecule has 1 saturated heterocycles. The van der Waals surface area contributed by atoms with Crippen LogP contribution in [0.15, 0.2) is 42.5 Å². The lowest BCUT2D eigenvalue weighted by molar-refractivity contribution is -0.139. The maximum Gasteiger partial charge on any atom is 0.309 e. The number of likely N-dealkylation sites (N-methyl/N-ethyl adjacent to an activating group) is 2. The Bertz CT molecular complexity index is 1010. The number of nitrogens with zero attached hydrogens (tertiary/aromatic N) is 3. The predicted octanol–water partition coefficient (Wildman–Crippen LogP) is 2.05. The molecular formula is C25H32ClN5O2. The van der Waals surface area contributed by atoms with Crippen molar-refractivity contribution >= 4 is 29.1 Å². The van der Waals surface area contributed by atoms with Gasteiger partial charge in [-0.3, -0.25) is 14.5 Å². The number of anilines is 1. The molecule has 0 bridgehead atoms. The van der Waals surface area contributed by atoms with E-state index in [1.165, 1.54) is 16.8 Å². The zero-order valence-corrected chi connectivity index (χ0v) is 20.1. The van der Waals surface area contributed by atoms with Crippen molar-refractivity contribution in [3.63, 3.8) is 0 Å². The smallest absolute Gasteiger partial charge is 0.309 e. The first-order chi connectivity index (χ1) is 15.9. The average molecular weight is 470 g/mol. The molecule has 0 spiro atoms. The number of carbonyl (C=O) groups excluding carboxylic acids is 2. The van der Waals surface area contributed by atoms with E-state index in [4.69, 9.17) is 11.6 Å². The molecule has 2 aliphatic heterocycles. The van der Waals surface area contributed by atoms with Crippen LogP contribution in [0.4, 0.5) is 5.69 Å². The van der Waals surface area contributed by atoms with Crippen LogP contribution in [-0.2, 0) is 22.6 Å². The van der Waals surface area contributed by atoms with Crippen LogP contribution >= 0.6 is 11.6 Å². The van der Waals surface area contributed by atoms with Gasteiger partial charge in [0.2, 0.25) is 0 Å². The van der Waals surface area contributed by atoms with Crippen LogP contribution in [0.5, 0.6) is 0 Å². The Morgan fingerprint density at radius 2 is 1.70 bits per heavy atom. The van der Waals surface area contributed by atoms with Crippen molar-refractivity contribution in [3.8, 4) is 0 Å². The fraction of sp³-hybridized carbons (Fsp3) is 0.440. The van der Waals surface area contributed by atoms with Crippen LogP contribution in [0.3, 0.4) is 0 Å². The summed E-state index contributed by atoms with van der Waals surface area (Å²) < 4.78 is 0. The fourth-order valence-corrected chi connectivity index (χ4v) is 4.76. The zero-order chi connectivity index (χ0) is 23.4. The third kappa shape index (κ3) is 5.66. The number of carbonyl (C=O) groups is 2. The Kier molecular flexibility index (Phi) is 7.53. The molecule has 0 aliphatic carbocycles. The number of fused-ring (bicyclic) bond motifs is 1. The summed E-state index contributed by atoms with van der Waals surface area (Å²) in [5, 5.41) is 6.10. The number of halogens is 1.